The molecule has 1 N–H and O–H groups in total. The van der Waals surface area contributed by atoms with Gasteiger partial charge in [-0.2, -0.15) is 0 Å². The molecule has 1 saturated heterocycles. The first kappa shape index (κ1) is 16.2. The second kappa shape index (κ2) is 7.10. The molecule has 1 aromatic rings. The first-order valence-corrected chi connectivity index (χ1v) is 6.33. The van der Waals surface area contributed by atoms with Crippen LogP contribution in [0.5, 0.6) is 0 Å². The van der Waals surface area contributed by atoms with Gasteiger partial charge in [0, 0.05) is 30.8 Å². The van der Waals surface area contributed by atoms with Crippen molar-refractivity contribution in [3.05, 3.63) is 28.8 Å². The minimum absolute atomic E-state index is 0. The average Bonchev–Trinajstić information content (AvgIpc) is 2.41. The molecule has 6 heteroatoms. The molecule has 1 aliphatic rings. The van der Waals surface area contributed by atoms with Crippen LogP contribution in [-0.2, 0) is 9.53 Å². The van der Waals surface area contributed by atoms with Crippen LogP contribution < -0.4 is 10.2 Å². The van der Waals surface area contributed by atoms with Gasteiger partial charge in [-0.05, 0) is 24.6 Å². The largest absolute Gasteiger partial charge is 0.366 e. The van der Waals surface area contributed by atoms with Crippen LogP contribution in [0.4, 0.5) is 5.69 Å². The molecule has 1 unspecified atom stereocenters. The fraction of sp³-hybridized carbons (Fsp3) is 0.462. The summed E-state index contributed by atoms with van der Waals surface area (Å²) < 4.78 is 5.45. The molecule has 0 radical (unpaired) electrons. The van der Waals surface area contributed by atoms with Gasteiger partial charge in [0.15, 0.2) is 0 Å². The maximum atomic E-state index is 12.2. The lowest BCUT2D eigenvalue weighted by Gasteiger charge is -2.27. The van der Waals surface area contributed by atoms with Crippen LogP contribution in [0.1, 0.15) is 5.56 Å². The van der Waals surface area contributed by atoms with E-state index in [0.29, 0.717) is 18.2 Å². The van der Waals surface area contributed by atoms with E-state index in [1.165, 1.54) is 0 Å². The molecular weight excluding hydrogens is 287 g/mol. The third-order valence-corrected chi connectivity index (χ3v) is 3.48. The van der Waals surface area contributed by atoms with Crippen LogP contribution >= 0.6 is 24.0 Å². The van der Waals surface area contributed by atoms with Gasteiger partial charge in [0.2, 0.25) is 0 Å². The van der Waals surface area contributed by atoms with Gasteiger partial charge in [0.05, 0.1) is 6.61 Å². The van der Waals surface area contributed by atoms with Crippen molar-refractivity contribution in [1.82, 2.24) is 5.32 Å². The molecule has 1 atom stereocenters. The molecule has 0 spiro atoms. The number of likely N-dealkylation sites (N-methyl/N-ethyl adjacent to an activating group) is 1. The summed E-state index contributed by atoms with van der Waals surface area (Å²) in [6, 6.07) is 5.59. The van der Waals surface area contributed by atoms with Gasteiger partial charge in [-0.25, -0.2) is 0 Å². The van der Waals surface area contributed by atoms with Crippen molar-refractivity contribution in [3.63, 3.8) is 0 Å². The Morgan fingerprint density at radius 2 is 2.26 bits per heavy atom. The highest BCUT2D eigenvalue weighted by Gasteiger charge is 2.25. The molecule has 4 nitrogen and oxygen atoms in total. The lowest BCUT2D eigenvalue weighted by atomic mass is 10.2. The summed E-state index contributed by atoms with van der Waals surface area (Å²) in [5, 5.41) is 3.81. The van der Waals surface area contributed by atoms with Crippen molar-refractivity contribution in [2.24, 2.45) is 0 Å². The molecule has 1 heterocycles. The number of rotatable bonds is 2. The third kappa shape index (κ3) is 3.83. The molecule has 2 rings (SSSR count). The minimum atomic E-state index is -0.413. The quantitative estimate of drug-likeness (QED) is 0.909. The summed E-state index contributed by atoms with van der Waals surface area (Å²) in [6.07, 6.45) is -0.413. The second-order valence-corrected chi connectivity index (χ2v) is 4.80. The first-order chi connectivity index (χ1) is 8.59. The summed E-state index contributed by atoms with van der Waals surface area (Å²) in [5.74, 6) is -0.0536. The van der Waals surface area contributed by atoms with Crippen molar-refractivity contribution in [3.8, 4) is 0 Å². The predicted octanol–water partition coefficient (Wildman–Crippen LogP) is 2.02. The molecule has 1 fully saturated rings. The van der Waals surface area contributed by atoms with E-state index < -0.39 is 6.10 Å². The van der Waals surface area contributed by atoms with E-state index in [9.17, 15) is 4.79 Å². The maximum absolute atomic E-state index is 12.2. The van der Waals surface area contributed by atoms with E-state index >= 15 is 0 Å². The Bertz CT molecular complexity index is 448. The maximum Gasteiger partial charge on any atom is 0.257 e. The van der Waals surface area contributed by atoms with Gasteiger partial charge < -0.3 is 15.0 Å². The zero-order valence-electron chi connectivity index (χ0n) is 11.0. The SMILES string of the molecule is Cc1ccc(N(C)C(=O)C2CNCCO2)cc1Cl.Cl. The third-order valence-electron chi connectivity index (χ3n) is 3.08. The number of halogens is 2. The fourth-order valence-corrected chi connectivity index (χ4v) is 2.03. The molecular formula is C13H18Cl2N2O2. The molecule has 0 aliphatic carbocycles. The number of carbonyl (C=O) groups excluding carboxylic acids is 1. The zero-order valence-corrected chi connectivity index (χ0v) is 12.6. The Labute approximate surface area is 124 Å². The number of morpholine rings is 1. The van der Waals surface area contributed by atoms with Crippen molar-refractivity contribution in [2.75, 3.05) is 31.6 Å². The number of anilines is 1. The van der Waals surface area contributed by atoms with Gasteiger partial charge in [0.25, 0.3) is 5.91 Å². The predicted molar refractivity (Wildman–Crippen MR) is 79.5 cm³/mol. The van der Waals surface area contributed by atoms with Crippen LogP contribution in [0.25, 0.3) is 0 Å². The summed E-state index contributed by atoms with van der Waals surface area (Å²) in [5.41, 5.74) is 1.78. The smallest absolute Gasteiger partial charge is 0.257 e. The number of hydrogen-bond donors (Lipinski definition) is 1. The molecule has 1 aliphatic heterocycles. The molecule has 106 valence electrons. The van der Waals surface area contributed by atoms with Crippen LogP contribution in [0.3, 0.4) is 0 Å². The van der Waals surface area contributed by atoms with Crippen LogP contribution in [0.2, 0.25) is 5.02 Å². The van der Waals surface area contributed by atoms with E-state index in [1.54, 1.807) is 18.0 Å². The van der Waals surface area contributed by atoms with E-state index in [1.807, 2.05) is 19.1 Å². The zero-order chi connectivity index (χ0) is 13.1. The van der Waals surface area contributed by atoms with Crippen LogP contribution in [0.15, 0.2) is 18.2 Å². The number of hydrogen-bond acceptors (Lipinski definition) is 3. The summed E-state index contributed by atoms with van der Waals surface area (Å²) in [6.45, 7) is 3.85. The Hall–Kier alpha value is -0.810. The van der Waals surface area contributed by atoms with E-state index in [-0.39, 0.29) is 18.3 Å². The van der Waals surface area contributed by atoms with Crippen molar-refractivity contribution < 1.29 is 9.53 Å². The van der Waals surface area contributed by atoms with E-state index in [2.05, 4.69) is 5.32 Å². The summed E-state index contributed by atoms with van der Waals surface area (Å²) in [4.78, 5) is 13.8. The van der Waals surface area contributed by atoms with Crippen molar-refractivity contribution >= 4 is 35.6 Å². The van der Waals surface area contributed by atoms with Gasteiger partial charge in [0.1, 0.15) is 6.10 Å². The van der Waals surface area contributed by atoms with Crippen LogP contribution in [0, 0.1) is 6.92 Å². The Morgan fingerprint density at radius 1 is 1.53 bits per heavy atom. The number of aryl methyl sites for hydroxylation is 1. The topological polar surface area (TPSA) is 41.6 Å². The number of amides is 1. The van der Waals surface area contributed by atoms with Gasteiger partial charge in [-0.1, -0.05) is 17.7 Å². The summed E-state index contributed by atoms with van der Waals surface area (Å²) in [7, 11) is 1.74. The Balaban J connectivity index is 0.00000180. The van der Waals surface area contributed by atoms with Crippen molar-refractivity contribution in [2.45, 2.75) is 13.0 Å². The molecule has 0 saturated carbocycles. The number of benzene rings is 1. The lowest BCUT2D eigenvalue weighted by molar-refractivity contribution is -0.131. The molecule has 1 aromatic carbocycles. The number of nitrogens with zero attached hydrogens (tertiary/aromatic N) is 1. The molecule has 1 amide bonds. The summed E-state index contributed by atoms with van der Waals surface area (Å²) >= 11 is 6.07. The van der Waals surface area contributed by atoms with Gasteiger partial charge >= 0.3 is 0 Å². The normalized spacial score (nSPS) is 18.6. The molecule has 0 bridgehead atoms. The lowest BCUT2D eigenvalue weighted by Crippen LogP contribution is -2.48. The number of nitrogens with one attached hydrogen (secondary N) is 1. The number of ether oxygens (including phenoxy) is 1. The van der Waals surface area contributed by atoms with Gasteiger partial charge in [-0.3, -0.25) is 4.79 Å². The Morgan fingerprint density at radius 3 is 2.84 bits per heavy atom. The van der Waals surface area contributed by atoms with Gasteiger partial charge in [-0.15, -0.1) is 12.4 Å². The monoisotopic (exact) mass is 304 g/mol. The number of carbonyl (C=O) groups is 1. The molecule has 19 heavy (non-hydrogen) atoms. The highest BCUT2D eigenvalue weighted by Crippen LogP contribution is 2.23. The minimum Gasteiger partial charge on any atom is -0.366 e. The van der Waals surface area contributed by atoms with E-state index in [4.69, 9.17) is 16.3 Å². The van der Waals surface area contributed by atoms with E-state index in [0.717, 1.165) is 17.8 Å². The molecule has 0 aromatic heterocycles. The second-order valence-electron chi connectivity index (χ2n) is 4.39. The fourth-order valence-electron chi connectivity index (χ4n) is 1.86. The first-order valence-electron chi connectivity index (χ1n) is 5.95. The highest BCUT2D eigenvalue weighted by molar-refractivity contribution is 6.31. The highest BCUT2D eigenvalue weighted by atomic mass is 35.5. The standard InChI is InChI=1S/C13H17ClN2O2.ClH/c1-9-3-4-10(7-11(9)14)16(2)13(17)12-8-15-5-6-18-12;/h3-4,7,12,15H,5-6,8H2,1-2H3;1H. The van der Waals surface area contributed by atoms with Crippen LogP contribution in [-0.4, -0.2) is 38.8 Å². The average molecular weight is 305 g/mol. The van der Waals surface area contributed by atoms with Crippen molar-refractivity contribution in [1.29, 1.82) is 0 Å². The Kier molecular flexibility index (Phi) is 6.07.